The van der Waals surface area contributed by atoms with Crippen molar-refractivity contribution >= 4 is 5.97 Å². The molecule has 1 aliphatic rings. The number of nitrogens with zero attached hydrogens (tertiary/aromatic N) is 2. The summed E-state index contributed by atoms with van der Waals surface area (Å²) in [5.41, 5.74) is 6.94. The lowest BCUT2D eigenvalue weighted by atomic mass is 9.83. The summed E-state index contributed by atoms with van der Waals surface area (Å²) in [4.78, 5) is 19.9. The maximum atomic E-state index is 11.7. The van der Waals surface area contributed by atoms with Crippen LogP contribution in [0.2, 0.25) is 0 Å². The predicted molar refractivity (Wildman–Crippen MR) is 78.2 cm³/mol. The van der Waals surface area contributed by atoms with E-state index < -0.39 is 5.97 Å². The van der Waals surface area contributed by atoms with Crippen LogP contribution < -0.4 is 10.5 Å². The maximum absolute atomic E-state index is 11.7. The Bertz CT molecular complexity index is 499. The molecule has 0 aromatic carbocycles. The first kappa shape index (κ1) is 15.7. The largest absolute Gasteiger partial charge is 0.462 e. The number of carbonyl (C=O) groups excluding carboxylic acids is 1. The summed E-state index contributed by atoms with van der Waals surface area (Å²) >= 11 is 0. The third kappa shape index (κ3) is 4.14. The maximum Gasteiger partial charge on any atom is 0.341 e. The summed E-state index contributed by atoms with van der Waals surface area (Å²) in [6, 6.07) is 0.260. The Morgan fingerprint density at radius 2 is 2.10 bits per heavy atom. The van der Waals surface area contributed by atoms with Gasteiger partial charge in [-0.2, -0.15) is 4.98 Å². The molecular weight excluding hydrogens is 270 g/mol. The summed E-state index contributed by atoms with van der Waals surface area (Å²) in [7, 11) is 0. The van der Waals surface area contributed by atoms with Gasteiger partial charge < -0.3 is 15.2 Å². The van der Waals surface area contributed by atoms with Gasteiger partial charge in [0.2, 0.25) is 0 Å². The first-order valence-electron chi connectivity index (χ1n) is 7.46. The van der Waals surface area contributed by atoms with E-state index in [1.54, 1.807) is 13.8 Å². The van der Waals surface area contributed by atoms with Crippen molar-refractivity contribution in [3.63, 3.8) is 0 Å². The van der Waals surface area contributed by atoms with E-state index >= 15 is 0 Å². The zero-order chi connectivity index (χ0) is 15.3. The van der Waals surface area contributed by atoms with Gasteiger partial charge in [-0.25, -0.2) is 9.78 Å². The van der Waals surface area contributed by atoms with E-state index in [9.17, 15) is 4.79 Å². The van der Waals surface area contributed by atoms with Crippen molar-refractivity contribution in [1.29, 1.82) is 0 Å². The molecule has 0 amide bonds. The summed E-state index contributed by atoms with van der Waals surface area (Å²) < 4.78 is 10.6. The highest BCUT2D eigenvalue weighted by Gasteiger charge is 2.28. The van der Waals surface area contributed by atoms with Crippen molar-refractivity contribution in [2.24, 2.45) is 5.73 Å². The smallest absolute Gasteiger partial charge is 0.341 e. The molecule has 0 bridgehead atoms. The van der Waals surface area contributed by atoms with Crippen LogP contribution in [0.4, 0.5) is 0 Å². The molecule has 6 nitrogen and oxygen atoms in total. The lowest BCUT2D eigenvalue weighted by molar-refractivity contribution is 0.0524. The van der Waals surface area contributed by atoms with E-state index in [4.69, 9.17) is 15.2 Å². The van der Waals surface area contributed by atoms with Gasteiger partial charge in [0.15, 0.2) is 0 Å². The molecule has 1 saturated carbocycles. The van der Waals surface area contributed by atoms with Gasteiger partial charge in [-0.3, -0.25) is 0 Å². The highest BCUT2D eigenvalue weighted by atomic mass is 16.5. The molecule has 1 aromatic heterocycles. The number of nitrogens with two attached hydrogens (primary N) is 1. The number of aryl methyl sites for hydroxylation is 1. The molecule has 1 heterocycles. The van der Waals surface area contributed by atoms with Gasteiger partial charge in [-0.05, 0) is 26.7 Å². The molecular formula is C15H23N3O3. The number of aromatic nitrogens is 2. The van der Waals surface area contributed by atoms with Crippen molar-refractivity contribution in [2.75, 3.05) is 13.2 Å². The zero-order valence-electron chi connectivity index (χ0n) is 12.7. The van der Waals surface area contributed by atoms with E-state index in [1.807, 2.05) is 0 Å². The minimum Gasteiger partial charge on any atom is -0.462 e. The molecule has 0 saturated heterocycles. The van der Waals surface area contributed by atoms with Crippen LogP contribution in [0.5, 0.6) is 6.01 Å². The Morgan fingerprint density at radius 1 is 1.38 bits per heavy atom. The van der Waals surface area contributed by atoms with Gasteiger partial charge in [0.25, 0.3) is 0 Å². The normalized spacial score (nSPS) is 17.3. The minimum absolute atomic E-state index is 0.260. The van der Waals surface area contributed by atoms with E-state index in [0.717, 1.165) is 25.7 Å². The third-order valence-corrected chi connectivity index (χ3v) is 3.79. The quantitative estimate of drug-likeness (QED) is 0.835. The Balaban J connectivity index is 1.98. The lowest BCUT2D eigenvalue weighted by Gasteiger charge is -2.32. The van der Waals surface area contributed by atoms with Gasteiger partial charge in [0.05, 0.1) is 23.4 Å². The highest BCUT2D eigenvalue weighted by Crippen LogP contribution is 2.26. The molecule has 2 N–H and O–H groups in total. The Morgan fingerprint density at radius 3 is 2.71 bits per heavy atom. The van der Waals surface area contributed by atoms with Gasteiger partial charge in [0, 0.05) is 6.20 Å². The molecule has 21 heavy (non-hydrogen) atoms. The molecule has 0 aliphatic heterocycles. The topological polar surface area (TPSA) is 87.3 Å². The summed E-state index contributed by atoms with van der Waals surface area (Å²) in [5, 5.41) is 0. The first-order chi connectivity index (χ1) is 10.0. The fourth-order valence-electron chi connectivity index (χ4n) is 2.53. The average Bonchev–Trinajstić information content (AvgIpc) is 2.46. The molecule has 0 atom stereocenters. The van der Waals surface area contributed by atoms with Crippen LogP contribution in [0.15, 0.2) is 6.20 Å². The fourth-order valence-corrected chi connectivity index (χ4v) is 2.53. The lowest BCUT2D eigenvalue weighted by Crippen LogP contribution is -2.47. The number of ether oxygens (including phenoxy) is 2. The number of hydrogen-bond donors (Lipinski definition) is 1. The van der Waals surface area contributed by atoms with E-state index in [0.29, 0.717) is 24.5 Å². The standard InChI is InChI=1S/C15H23N3O3/c1-3-20-13(19)12-9-17-14(18-11(12)2)21-10-15(16)7-5-4-6-8-15/h9H,3-8,10,16H2,1-2H3. The summed E-state index contributed by atoms with van der Waals surface area (Å²) in [5.74, 6) is -0.413. The zero-order valence-corrected chi connectivity index (χ0v) is 12.7. The predicted octanol–water partition coefficient (Wildman–Crippen LogP) is 2.00. The van der Waals surface area contributed by atoms with E-state index in [-0.39, 0.29) is 11.5 Å². The fraction of sp³-hybridized carbons (Fsp3) is 0.667. The van der Waals surface area contributed by atoms with Crippen molar-refractivity contribution in [1.82, 2.24) is 9.97 Å². The molecule has 6 heteroatoms. The summed E-state index contributed by atoms with van der Waals surface area (Å²) in [6.07, 6.45) is 6.89. The Kier molecular flexibility index (Phi) is 5.12. The van der Waals surface area contributed by atoms with E-state index in [1.165, 1.54) is 12.6 Å². The Labute approximate surface area is 125 Å². The van der Waals surface area contributed by atoms with Gasteiger partial charge in [-0.1, -0.05) is 19.3 Å². The minimum atomic E-state index is -0.413. The molecule has 1 fully saturated rings. The second kappa shape index (κ2) is 6.85. The number of carbonyl (C=O) groups is 1. The molecule has 2 rings (SSSR count). The second-order valence-electron chi connectivity index (χ2n) is 5.58. The SMILES string of the molecule is CCOC(=O)c1cnc(OCC2(N)CCCCC2)nc1C. The number of esters is 1. The van der Waals surface area contributed by atoms with Crippen LogP contribution in [-0.2, 0) is 4.74 Å². The van der Waals surface area contributed by atoms with Gasteiger partial charge >= 0.3 is 12.0 Å². The molecule has 116 valence electrons. The molecule has 0 spiro atoms. The van der Waals surface area contributed by atoms with Crippen LogP contribution >= 0.6 is 0 Å². The molecule has 0 unspecified atom stereocenters. The van der Waals surface area contributed by atoms with Crippen LogP contribution in [0.1, 0.15) is 55.1 Å². The van der Waals surface area contributed by atoms with E-state index in [2.05, 4.69) is 9.97 Å². The van der Waals surface area contributed by atoms with Crippen LogP contribution in [0.25, 0.3) is 0 Å². The number of hydrogen-bond acceptors (Lipinski definition) is 6. The highest BCUT2D eigenvalue weighted by molar-refractivity contribution is 5.90. The summed E-state index contributed by atoms with van der Waals surface area (Å²) in [6.45, 7) is 4.23. The Hall–Kier alpha value is -1.69. The van der Waals surface area contributed by atoms with Crippen LogP contribution in [0.3, 0.4) is 0 Å². The molecule has 1 aliphatic carbocycles. The second-order valence-corrected chi connectivity index (χ2v) is 5.58. The third-order valence-electron chi connectivity index (χ3n) is 3.79. The van der Waals surface area contributed by atoms with Crippen LogP contribution in [0, 0.1) is 6.92 Å². The molecule has 0 radical (unpaired) electrons. The molecule has 1 aromatic rings. The van der Waals surface area contributed by atoms with Crippen LogP contribution in [-0.4, -0.2) is 34.7 Å². The average molecular weight is 293 g/mol. The van der Waals surface area contributed by atoms with Gasteiger partial charge in [0.1, 0.15) is 6.61 Å². The monoisotopic (exact) mass is 293 g/mol. The van der Waals surface area contributed by atoms with Crippen molar-refractivity contribution in [2.45, 2.75) is 51.5 Å². The van der Waals surface area contributed by atoms with Crippen molar-refractivity contribution in [3.05, 3.63) is 17.5 Å². The first-order valence-corrected chi connectivity index (χ1v) is 7.46. The van der Waals surface area contributed by atoms with Gasteiger partial charge in [-0.15, -0.1) is 0 Å². The van der Waals surface area contributed by atoms with Crippen molar-refractivity contribution in [3.8, 4) is 6.01 Å². The van der Waals surface area contributed by atoms with Crippen molar-refractivity contribution < 1.29 is 14.3 Å². The number of rotatable bonds is 5.